The molecule has 1 aliphatic heterocycles. The Hall–Kier alpha value is -0.760. The highest BCUT2D eigenvalue weighted by molar-refractivity contribution is 8.00. The zero-order valence-electron chi connectivity index (χ0n) is 11.9. The maximum Gasteiger partial charge on any atom is 0.242 e. The van der Waals surface area contributed by atoms with Crippen LogP contribution in [0.1, 0.15) is 13.3 Å². The van der Waals surface area contributed by atoms with Crippen molar-refractivity contribution in [3.63, 3.8) is 0 Å². The van der Waals surface area contributed by atoms with Crippen molar-refractivity contribution < 1.29 is 13.2 Å². The number of nitrogen functional groups attached to an aromatic ring is 1. The molecular weight excluding hydrogens is 296 g/mol. The van der Waals surface area contributed by atoms with Crippen molar-refractivity contribution in [1.82, 2.24) is 4.31 Å². The molecule has 112 valence electrons. The molecule has 1 aliphatic rings. The molecule has 1 saturated heterocycles. The third-order valence-electron chi connectivity index (χ3n) is 3.35. The van der Waals surface area contributed by atoms with Crippen molar-refractivity contribution in [1.29, 1.82) is 0 Å². The van der Waals surface area contributed by atoms with E-state index < -0.39 is 10.0 Å². The third-order valence-corrected chi connectivity index (χ3v) is 6.69. The molecule has 2 N–H and O–H groups in total. The van der Waals surface area contributed by atoms with Crippen LogP contribution in [0.25, 0.3) is 0 Å². The van der Waals surface area contributed by atoms with Gasteiger partial charge in [0.15, 0.2) is 0 Å². The molecular formula is C13H20N2O3S2. The van der Waals surface area contributed by atoms with Gasteiger partial charge >= 0.3 is 0 Å². The van der Waals surface area contributed by atoms with Crippen LogP contribution in [0.2, 0.25) is 0 Å². The molecule has 2 atom stereocenters. The highest BCUT2D eigenvalue weighted by atomic mass is 32.2. The first kappa shape index (κ1) is 15.6. The molecule has 0 bridgehead atoms. The van der Waals surface area contributed by atoms with E-state index in [0.29, 0.717) is 10.9 Å². The van der Waals surface area contributed by atoms with Gasteiger partial charge in [0, 0.05) is 36.5 Å². The lowest BCUT2D eigenvalue weighted by Gasteiger charge is -2.17. The fourth-order valence-electron chi connectivity index (χ4n) is 2.02. The van der Waals surface area contributed by atoms with Crippen molar-refractivity contribution in [2.24, 2.45) is 0 Å². The lowest BCUT2D eigenvalue weighted by molar-refractivity contribution is 0.127. The van der Waals surface area contributed by atoms with Crippen LogP contribution < -0.4 is 5.73 Å². The van der Waals surface area contributed by atoms with E-state index >= 15 is 0 Å². The molecule has 0 aromatic heterocycles. The zero-order valence-corrected chi connectivity index (χ0v) is 13.5. The molecule has 0 aliphatic carbocycles. The summed E-state index contributed by atoms with van der Waals surface area (Å²) in [6.45, 7) is 2.77. The Bertz CT molecular complexity index is 587. The first-order valence-corrected chi connectivity index (χ1v) is 8.74. The van der Waals surface area contributed by atoms with E-state index in [9.17, 15) is 8.42 Å². The summed E-state index contributed by atoms with van der Waals surface area (Å²) in [5.41, 5.74) is 6.57. The normalized spacial score (nSPS) is 23.4. The largest absolute Gasteiger partial charge is 0.398 e. The summed E-state index contributed by atoms with van der Waals surface area (Å²) >= 11 is 1.59. The first-order chi connectivity index (χ1) is 9.32. The zero-order chi connectivity index (χ0) is 14.9. The Morgan fingerprint density at radius 1 is 1.40 bits per heavy atom. The van der Waals surface area contributed by atoms with Crippen molar-refractivity contribution in [3.8, 4) is 0 Å². The number of ether oxygens (including phenoxy) is 1. The number of benzene rings is 1. The maximum atomic E-state index is 12.1. The molecule has 0 radical (unpaired) electrons. The van der Waals surface area contributed by atoms with Gasteiger partial charge in [-0.1, -0.05) is 0 Å². The second-order valence-corrected chi connectivity index (χ2v) is 8.44. The number of nitrogens with two attached hydrogens (primary N) is 1. The molecule has 2 rings (SSSR count). The molecule has 2 unspecified atom stereocenters. The highest BCUT2D eigenvalue weighted by Crippen LogP contribution is 2.36. The molecule has 7 heteroatoms. The van der Waals surface area contributed by atoms with Crippen molar-refractivity contribution in [2.45, 2.75) is 34.5 Å². The Morgan fingerprint density at radius 3 is 2.65 bits per heavy atom. The number of thioether (sulfide) groups is 1. The number of rotatable bonds is 4. The summed E-state index contributed by atoms with van der Waals surface area (Å²) in [4.78, 5) is 1.07. The maximum absolute atomic E-state index is 12.1. The third kappa shape index (κ3) is 3.11. The minimum absolute atomic E-state index is 0.161. The highest BCUT2D eigenvalue weighted by Gasteiger charge is 2.26. The fraction of sp³-hybridized carbons (Fsp3) is 0.538. The fourth-order valence-corrected chi connectivity index (χ4v) is 4.23. The van der Waals surface area contributed by atoms with Crippen LogP contribution in [0.3, 0.4) is 0 Å². The van der Waals surface area contributed by atoms with Crippen molar-refractivity contribution >= 4 is 27.5 Å². The molecule has 0 saturated carbocycles. The van der Waals surface area contributed by atoms with E-state index in [1.165, 1.54) is 18.4 Å². The van der Waals surface area contributed by atoms with E-state index in [1.807, 2.05) is 6.92 Å². The van der Waals surface area contributed by atoms with Crippen LogP contribution in [0.15, 0.2) is 28.0 Å². The second-order valence-electron chi connectivity index (χ2n) is 5.01. The smallest absolute Gasteiger partial charge is 0.242 e. The molecule has 0 spiro atoms. The van der Waals surface area contributed by atoms with Gasteiger partial charge in [0.25, 0.3) is 0 Å². The Morgan fingerprint density at radius 2 is 2.10 bits per heavy atom. The topological polar surface area (TPSA) is 72.6 Å². The van der Waals surface area contributed by atoms with Gasteiger partial charge in [-0.15, -0.1) is 11.8 Å². The van der Waals surface area contributed by atoms with Crippen LogP contribution in [-0.4, -0.2) is 44.8 Å². The average molecular weight is 316 g/mol. The van der Waals surface area contributed by atoms with Gasteiger partial charge < -0.3 is 10.5 Å². The lowest BCUT2D eigenvalue weighted by Crippen LogP contribution is -2.22. The number of sulfonamides is 1. The van der Waals surface area contributed by atoms with E-state index in [1.54, 1.807) is 30.0 Å². The van der Waals surface area contributed by atoms with Crippen LogP contribution >= 0.6 is 11.8 Å². The standard InChI is InChI=1S/C13H20N2O3S2/c1-9-12(6-7-18-9)19-13-8-10(4-5-11(13)14)20(16,17)15(2)3/h4-5,8-9,12H,6-7,14H2,1-3H3. The molecule has 1 fully saturated rings. The van der Waals surface area contributed by atoms with Crippen LogP contribution in [0.4, 0.5) is 5.69 Å². The number of hydrogen-bond donors (Lipinski definition) is 1. The number of nitrogens with zero attached hydrogens (tertiary/aromatic N) is 1. The van der Waals surface area contributed by atoms with E-state index in [2.05, 4.69) is 0 Å². The van der Waals surface area contributed by atoms with Crippen LogP contribution in [-0.2, 0) is 14.8 Å². The van der Waals surface area contributed by atoms with E-state index in [4.69, 9.17) is 10.5 Å². The number of hydrogen-bond acceptors (Lipinski definition) is 5. The molecule has 1 aromatic rings. The summed E-state index contributed by atoms with van der Waals surface area (Å²) in [5.74, 6) is 0. The summed E-state index contributed by atoms with van der Waals surface area (Å²) in [6.07, 6.45) is 1.11. The quantitative estimate of drug-likeness (QED) is 0.857. The van der Waals surface area contributed by atoms with Crippen molar-refractivity contribution in [3.05, 3.63) is 18.2 Å². The Kier molecular flexibility index (Phi) is 4.63. The molecule has 20 heavy (non-hydrogen) atoms. The predicted octanol–water partition coefficient (Wildman–Crippen LogP) is 1.79. The molecule has 5 nitrogen and oxygen atoms in total. The summed E-state index contributed by atoms with van der Waals surface area (Å²) in [5, 5.41) is 0.314. The monoisotopic (exact) mass is 316 g/mol. The first-order valence-electron chi connectivity index (χ1n) is 6.42. The number of anilines is 1. The lowest BCUT2D eigenvalue weighted by atomic mass is 10.3. The Labute approximate surface area is 124 Å². The Balaban J connectivity index is 2.30. The van der Waals surface area contributed by atoms with Gasteiger partial charge in [-0.25, -0.2) is 12.7 Å². The minimum atomic E-state index is -3.43. The van der Waals surface area contributed by atoms with Gasteiger partial charge in [0.1, 0.15) is 0 Å². The van der Waals surface area contributed by atoms with Crippen LogP contribution in [0.5, 0.6) is 0 Å². The molecule has 0 amide bonds. The van der Waals surface area contributed by atoms with Gasteiger partial charge in [0.2, 0.25) is 10.0 Å². The van der Waals surface area contributed by atoms with Crippen LogP contribution in [0, 0.1) is 0 Å². The predicted molar refractivity (Wildman–Crippen MR) is 81.4 cm³/mol. The molecule has 1 aromatic carbocycles. The van der Waals surface area contributed by atoms with Gasteiger partial charge in [-0.3, -0.25) is 0 Å². The van der Waals surface area contributed by atoms with Crippen molar-refractivity contribution in [2.75, 3.05) is 26.4 Å². The van der Waals surface area contributed by atoms with Gasteiger partial charge in [0.05, 0.1) is 11.0 Å². The molecule has 1 heterocycles. The average Bonchev–Trinajstić information content (AvgIpc) is 2.77. The summed E-state index contributed by atoms with van der Waals surface area (Å²) < 4.78 is 31.0. The van der Waals surface area contributed by atoms with Gasteiger partial charge in [-0.2, -0.15) is 0 Å². The summed E-state index contributed by atoms with van der Waals surface area (Å²) in [6, 6.07) is 4.85. The summed E-state index contributed by atoms with van der Waals surface area (Å²) in [7, 11) is -0.392. The second kappa shape index (κ2) is 5.93. The van der Waals surface area contributed by atoms with Gasteiger partial charge in [-0.05, 0) is 31.5 Å². The SMILES string of the molecule is CC1OCCC1Sc1cc(S(=O)(=O)N(C)C)ccc1N. The van der Waals surface area contributed by atoms with E-state index in [-0.39, 0.29) is 11.0 Å². The van der Waals surface area contributed by atoms with E-state index in [0.717, 1.165) is 17.9 Å². The minimum Gasteiger partial charge on any atom is -0.398 e.